The summed E-state index contributed by atoms with van der Waals surface area (Å²) in [5.41, 5.74) is 2.58. The van der Waals surface area contributed by atoms with Crippen LogP contribution in [0.4, 0.5) is 0 Å². The highest BCUT2D eigenvalue weighted by Crippen LogP contribution is 2.21. The third-order valence-corrected chi connectivity index (χ3v) is 4.87. The Hall–Kier alpha value is -4.11. The Kier molecular flexibility index (Phi) is 5.91. The fourth-order valence-corrected chi connectivity index (χ4v) is 3.16. The van der Waals surface area contributed by atoms with E-state index in [1.807, 2.05) is 42.5 Å². The van der Waals surface area contributed by atoms with E-state index in [-0.39, 0.29) is 12.2 Å². The molecule has 3 aromatic heterocycles. The molecule has 0 aliphatic heterocycles. The number of nitrogens with zero attached hydrogens (tertiary/aromatic N) is 5. The van der Waals surface area contributed by atoms with E-state index < -0.39 is 17.5 Å². The third kappa shape index (κ3) is 4.33. The van der Waals surface area contributed by atoms with Crippen molar-refractivity contribution in [2.75, 3.05) is 6.61 Å². The number of nitrogens with one attached hydrogen (secondary N) is 1. The molecule has 0 aliphatic carbocycles. The van der Waals surface area contributed by atoms with Crippen molar-refractivity contribution in [3.8, 4) is 28.2 Å². The van der Waals surface area contributed by atoms with Crippen LogP contribution in [0.2, 0.25) is 0 Å². The molecular formula is C23H22N6O3. The topological polar surface area (TPSA) is 115 Å². The minimum absolute atomic E-state index is 0.0914. The van der Waals surface area contributed by atoms with Crippen LogP contribution in [0.3, 0.4) is 0 Å². The van der Waals surface area contributed by atoms with Crippen molar-refractivity contribution in [2.24, 2.45) is 7.05 Å². The molecule has 0 saturated carbocycles. The molecule has 9 nitrogen and oxygen atoms in total. The van der Waals surface area contributed by atoms with Gasteiger partial charge in [-0.05, 0) is 25.1 Å². The van der Waals surface area contributed by atoms with E-state index in [1.165, 1.54) is 12.3 Å². The fourth-order valence-electron chi connectivity index (χ4n) is 3.16. The first-order valence-corrected chi connectivity index (χ1v) is 10.0. The van der Waals surface area contributed by atoms with Crippen LogP contribution in [0.1, 0.15) is 17.3 Å². The number of pyridine rings is 1. The fraction of sp³-hybridized carbons (Fsp3) is 0.174. The van der Waals surface area contributed by atoms with Gasteiger partial charge in [-0.3, -0.25) is 19.3 Å². The predicted octanol–water partition coefficient (Wildman–Crippen LogP) is 1.81. The summed E-state index contributed by atoms with van der Waals surface area (Å²) in [6, 6.07) is 14.4. The standard InChI is InChI=1S/C23H22N6O3/c1-15(14-30)26-22(31)19-10-21(27-29(23(19)32)18-12-25-28(2)13-18)17-8-9-20(24-11-17)16-6-4-3-5-7-16/h3-13,15,30H,14H2,1-2H3,(H,26,31)/t15-/m0/s1. The number of carbonyl (C=O) groups excluding carboxylic acids is 1. The van der Waals surface area contributed by atoms with Crippen LogP contribution in [0.15, 0.2) is 71.9 Å². The van der Waals surface area contributed by atoms with Crippen molar-refractivity contribution in [2.45, 2.75) is 13.0 Å². The molecule has 9 heteroatoms. The maximum absolute atomic E-state index is 13.0. The number of benzene rings is 1. The lowest BCUT2D eigenvalue weighted by atomic mass is 10.1. The van der Waals surface area contributed by atoms with Crippen LogP contribution in [0.5, 0.6) is 0 Å². The molecule has 0 fully saturated rings. The van der Waals surface area contributed by atoms with Gasteiger partial charge in [-0.2, -0.15) is 14.9 Å². The molecule has 0 aliphatic rings. The molecule has 0 radical (unpaired) electrons. The quantitative estimate of drug-likeness (QED) is 0.482. The summed E-state index contributed by atoms with van der Waals surface area (Å²) in [6.07, 6.45) is 4.78. The van der Waals surface area contributed by atoms with E-state index in [0.717, 1.165) is 15.9 Å². The predicted molar refractivity (Wildman–Crippen MR) is 119 cm³/mol. The Bertz CT molecular complexity index is 1300. The highest BCUT2D eigenvalue weighted by molar-refractivity contribution is 5.95. The summed E-state index contributed by atoms with van der Waals surface area (Å²) < 4.78 is 2.69. The zero-order chi connectivity index (χ0) is 22.7. The van der Waals surface area contributed by atoms with Gasteiger partial charge >= 0.3 is 0 Å². The number of aromatic nitrogens is 5. The molecule has 4 aromatic rings. The second kappa shape index (κ2) is 8.94. The Morgan fingerprint density at radius 3 is 2.50 bits per heavy atom. The van der Waals surface area contributed by atoms with E-state index in [1.54, 1.807) is 31.0 Å². The van der Waals surface area contributed by atoms with Crippen LogP contribution in [-0.2, 0) is 7.05 Å². The Morgan fingerprint density at radius 1 is 1.09 bits per heavy atom. The SMILES string of the molecule is C[C@@H](CO)NC(=O)c1cc(-c2ccc(-c3ccccc3)nc2)nn(-c2cnn(C)c2)c1=O. The smallest absolute Gasteiger partial charge is 0.284 e. The van der Waals surface area contributed by atoms with Gasteiger partial charge in [0.1, 0.15) is 11.3 Å². The molecule has 0 saturated heterocycles. The highest BCUT2D eigenvalue weighted by Gasteiger charge is 2.19. The maximum Gasteiger partial charge on any atom is 0.284 e. The van der Waals surface area contributed by atoms with E-state index in [9.17, 15) is 14.7 Å². The van der Waals surface area contributed by atoms with Gasteiger partial charge in [-0.25, -0.2) is 0 Å². The lowest BCUT2D eigenvalue weighted by Crippen LogP contribution is -2.39. The van der Waals surface area contributed by atoms with E-state index in [4.69, 9.17) is 0 Å². The maximum atomic E-state index is 13.0. The number of carbonyl (C=O) groups is 1. The third-order valence-electron chi connectivity index (χ3n) is 4.87. The van der Waals surface area contributed by atoms with Gasteiger partial charge in [0.05, 0.1) is 30.4 Å². The zero-order valence-electron chi connectivity index (χ0n) is 17.6. The number of rotatable bonds is 6. The average Bonchev–Trinajstić information content (AvgIpc) is 3.25. The number of hydrogen-bond donors (Lipinski definition) is 2. The molecule has 2 N–H and O–H groups in total. The molecule has 3 heterocycles. The summed E-state index contributed by atoms with van der Waals surface area (Å²) in [6.45, 7) is 1.40. The molecule has 32 heavy (non-hydrogen) atoms. The molecular weight excluding hydrogens is 408 g/mol. The number of amides is 1. The van der Waals surface area contributed by atoms with E-state index in [0.29, 0.717) is 16.9 Å². The van der Waals surface area contributed by atoms with E-state index in [2.05, 4.69) is 20.5 Å². The normalized spacial score (nSPS) is 11.8. The second-order valence-corrected chi connectivity index (χ2v) is 7.39. The Morgan fingerprint density at radius 2 is 1.88 bits per heavy atom. The van der Waals surface area contributed by atoms with Gasteiger partial charge in [0.15, 0.2) is 0 Å². The minimum atomic E-state index is -0.591. The molecule has 1 aromatic carbocycles. The number of aliphatic hydroxyl groups is 1. The van der Waals surface area contributed by atoms with Crippen LogP contribution in [0.25, 0.3) is 28.2 Å². The van der Waals surface area contributed by atoms with Crippen LogP contribution < -0.4 is 10.9 Å². The van der Waals surface area contributed by atoms with Crippen molar-refractivity contribution in [3.63, 3.8) is 0 Å². The molecule has 0 bridgehead atoms. The van der Waals surface area contributed by atoms with Crippen LogP contribution in [-0.4, -0.2) is 48.2 Å². The molecule has 0 spiro atoms. The summed E-state index contributed by atoms with van der Waals surface area (Å²) in [5.74, 6) is -0.591. The molecule has 1 amide bonds. The zero-order valence-corrected chi connectivity index (χ0v) is 17.6. The Labute approximate surface area is 184 Å². The van der Waals surface area contributed by atoms with Crippen molar-refractivity contribution in [3.05, 3.63) is 83.0 Å². The average molecular weight is 430 g/mol. The number of aliphatic hydroxyl groups excluding tert-OH is 1. The molecule has 1 atom stereocenters. The lowest BCUT2D eigenvalue weighted by molar-refractivity contribution is 0.0920. The molecule has 0 unspecified atom stereocenters. The van der Waals surface area contributed by atoms with Crippen molar-refractivity contribution < 1.29 is 9.90 Å². The van der Waals surface area contributed by atoms with Gasteiger partial charge in [0, 0.05) is 30.4 Å². The minimum Gasteiger partial charge on any atom is -0.394 e. The van der Waals surface area contributed by atoms with Crippen molar-refractivity contribution in [1.82, 2.24) is 29.9 Å². The molecule has 162 valence electrons. The highest BCUT2D eigenvalue weighted by atomic mass is 16.3. The molecule has 4 rings (SSSR count). The number of aryl methyl sites for hydroxylation is 1. The summed E-state index contributed by atoms with van der Waals surface area (Å²) in [4.78, 5) is 30.3. The lowest BCUT2D eigenvalue weighted by Gasteiger charge is -2.13. The second-order valence-electron chi connectivity index (χ2n) is 7.39. The van der Waals surface area contributed by atoms with Crippen LogP contribution >= 0.6 is 0 Å². The van der Waals surface area contributed by atoms with Gasteiger partial charge in [-0.1, -0.05) is 30.3 Å². The largest absolute Gasteiger partial charge is 0.394 e. The van der Waals surface area contributed by atoms with Crippen LogP contribution in [0, 0.1) is 0 Å². The van der Waals surface area contributed by atoms with Gasteiger partial charge < -0.3 is 10.4 Å². The summed E-state index contributed by atoms with van der Waals surface area (Å²) in [5, 5.41) is 20.4. The van der Waals surface area contributed by atoms with Crippen molar-refractivity contribution in [1.29, 1.82) is 0 Å². The van der Waals surface area contributed by atoms with Gasteiger partial charge in [-0.15, -0.1) is 0 Å². The first-order chi connectivity index (χ1) is 15.5. The van der Waals surface area contributed by atoms with Crippen molar-refractivity contribution >= 4 is 5.91 Å². The first kappa shape index (κ1) is 21.1. The van der Waals surface area contributed by atoms with Gasteiger partial charge in [0.2, 0.25) is 0 Å². The number of hydrogen-bond acceptors (Lipinski definition) is 6. The summed E-state index contributed by atoms with van der Waals surface area (Å²) >= 11 is 0. The summed E-state index contributed by atoms with van der Waals surface area (Å²) in [7, 11) is 1.72. The Balaban J connectivity index is 1.80. The van der Waals surface area contributed by atoms with Gasteiger partial charge in [0.25, 0.3) is 11.5 Å². The van der Waals surface area contributed by atoms with E-state index >= 15 is 0 Å². The monoisotopic (exact) mass is 430 g/mol. The first-order valence-electron chi connectivity index (χ1n) is 10.0.